The molecular weight excluding hydrogens is 631 g/mol. The molecule has 0 saturated carbocycles. The molecule has 1 aliphatic heterocycles. The van der Waals surface area contributed by atoms with E-state index in [4.69, 9.17) is 5.10 Å². The predicted molar refractivity (Wildman–Crippen MR) is 175 cm³/mol. The summed E-state index contributed by atoms with van der Waals surface area (Å²) in [4.78, 5) is 13.0. The van der Waals surface area contributed by atoms with Gasteiger partial charge < -0.3 is 15.4 Å². The number of carbonyl (C=O) groups excluding carboxylic acids is 1. The largest absolute Gasteiger partial charge is 0.573 e. The number of hydrogen-bond donors (Lipinski definition) is 3. The van der Waals surface area contributed by atoms with Crippen LogP contribution in [0.2, 0.25) is 0 Å². The molecule has 250 valence electrons. The van der Waals surface area contributed by atoms with Crippen LogP contribution in [0, 0.1) is 12.8 Å². The van der Waals surface area contributed by atoms with Gasteiger partial charge in [-0.3, -0.25) is 5.32 Å². The van der Waals surface area contributed by atoms with Crippen LogP contribution in [0.15, 0.2) is 83.8 Å². The summed E-state index contributed by atoms with van der Waals surface area (Å²) >= 11 is 0. The van der Waals surface area contributed by atoms with Crippen molar-refractivity contribution in [2.75, 3.05) is 23.7 Å². The van der Waals surface area contributed by atoms with Crippen molar-refractivity contribution in [1.82, 2.24) is 15.1 Å². The number of amides is 2. The first-order chi connectivity index (χ1) is 22.1. The van der Waals surface area contributed by atoms with Crippen LogP contribution in [0.1, 0.15) is 55.7 Å². The van der Waals surface area contributed by atoms with Crippen molar-refractivity contribution in [3.63, 3.8) is 0 Å². The van der Waals surface area contributed by atoms with E-state index in [9.17, 15) is 26.4 Å². The normalized spacial score (nSPS) is 15.2. The standard InChI is InChI=1S/C34H38F3N5O4S/c1-22-13-15-24(16-14-22)42-30(21-29(41-42)33(2,3)4)40-32(43)39-26-10-6-5-9-25(26)31(23-17-19-38-20-18-23)47(44,45)28-12-8-7-11-27(28)46-34(35,36)37/h5-16,21,23,31,38H,17-20H2,1-4H3,(H2,39,40,43). The average Bonchev–Trinajstić information content (AvgIpc) is 3.42. The second-order valence-electron chi connectivity index (χ2n) is 12.6. The van der Waals surface area contributed by atoms with Gasteiger partial charge in [-0.25, -0.2) is 17.9 Å². The van der Waals surface area contributed by atoms with Gasteiger partial charge in [-0.15, -0.1) is 13.2 Å². The molecule has 3 aromatic carbocycles. The number of halogens is 3. The van der Waals surface area contributed by atoms with Gasteiger partial charge in [0.1, 0.15) is 16.5 Å². The number of anilines is 2. The van der Waals surface area contributed by atoms with Crippen LogP contribution in [0.5, 0.6) is 5.75 Å². The molecule has 0 radical (unpaired) electrons. The summed E-state index contributed by atoms with van der Waals surface area (Å²) in [7, 11) is -4.47. The fourth-order valence-corrected chi connectivity index (χ4v) is 7.95. The Morgan fingerprint density at radius 1 is 0.957 bits per heavy atom. The second kappa shape index (κ2) is 13.4. The number of aromatic nitrogens is 2. The van der Waals surface area contributed by atoms with Gasteiger partial charge in [0.05, 0.1) is 16.6 Å². The lowest BCUT2D eigenvalue weighted by Crippen LogP contribution is -2.34. The van der Waals surface area contributed by atoms with Gasteiger partial charge in [0.25, 0.3) is 0 Å². The van der Waals surface area contributed by atoms with E-state index in [2.05, 4.69) is 20.7 Å². The van der Waals surface area contributed by atoms with E-state index >= 15 is 0 Å². The molecule has 2 heterocycles. The predicted octanol–water partition coefficient (Wildman–Crippen LogP) is 7.54. The number of ether oxygens (including phenoxy) is 1. The summed E-state index contributed by atoms with van der Waals surface area (Å²) in [5.41, 5.74) is 2.69. The van der Waals surface area contributed by atoms with Crippen LogP contribution in [0.25, 0.3) is 5.69 Å². The Bertz CT molecular complexity index is 1830. The summed E-state index contributed by atoms with van der Waals surface area (Å²) in [6.45, 7) is 9.06. The number of hydrogen-bond acceptors (Lipinski definition) is 6. The molecule has 1 saturated heterocycles. The van der Waals surface area contributed by atoms with E-state index in [1.165, 1.54) is 12.1 Å². The van der Waals surface area contributed by atoms with E-state index < -0.39 is 44.0 Å². The number of urea groups is 1. The minimum atomic E-state index is -5.09. The summed E-state index contributed by atoms with van der Waals surface area (Å²) < 4.78 is 74.5. The summed E-state index contributed by atoms with van der Waals surface area (Å²) in [6.07, 6.45) is -4.18. The first-order valence-corrected chi connectivity index (χ1v) is 16.8. The molecule has 1 aliphatic rings. The van der Waals surface area contributed by atoms with Gasteiger partial charge >= 0.3 is 12.4 Å². The fraction of sp³-hybridized carbons (Fsp3) is 0.353. The second-order valence-corrected chi connectivity index (χ2v) is 14.7. The minimum Gasteiger partial charge on any atom is -0.404 e. The Balaban J connectivity index is 1.52. The number of aryl methyl sites for hydroxylation is 1. The maximum absolute atomic E-state index is 14.4. The molecule has 0 aliphatic carbocycles. The molecule has 1 atom stereocenters. The van der Waals surface area contributed by atoms with E-state index in [-0.39, 0.29) is 16.7 Å². The Hall–Kier alpha value is -4.36. The first-order valence-electron chi connectivity index (χ1n) is 15.3. The number of rotatable bonds is 8. The minimum absolute atomic E-state index is 0.212. The van der Waals surface area contributed by atoms with Gasteiger partial charge in [-0.05, 0) is 74.7 Å². The van der Waals surface area contributed by atoms with Crippen LogP contribution in [-0.4, -0.2) is 43.7 Å². The number of nitrogens with zero attached hydrogens (tertiary/aromatic N) is 2. The van der Waals surface area contributed by atoms with Gasteiger partial charge in [0, 0.05) is 17.2 Å². The van der Waals surface area contributed by atoms with Crippen LogP contribution in [0.4, 0.5) is 29.5 Å². The molecule has 1 fully saturated rings. The van der Waals surface area contributed by atoms with E-state index in [1.807, 2.05) is 52.0 Å². The molecular formula is C34H38F3N5O4S. The highest BCUT2D eigenvalue weighted by molar-refractivity contribution is 7.91. The molecule has 4 aromatic rings. The highest BCUT2D eigenvalue weighted by Gasteiger charge is 2.41. The fourth-order valence-electron chi connectivity index (χ4n) is 5.70. The first kappa shape index (κ1) is 34.0. The molecule has 5 rings (SSSR count). The van der Waals surface area contributed by atoms with Crippen molar-refractivity contribution in [3.8, 4) is 11.4 Å². The lowest BCUT2D eigenvalue weighted by Gasteiger charge is -2.32. The highest BCUT2D eigenvalue weighted by Crippen LogP contribution is 2.45. The number of sulfone groups is 1. The molecule has 0 spiro atoms. The van der Waals surface area contributed by atoms with Crippen molar-refractivity contribution >= 4 is 27.4 Å². The lowest BCUT2D eigenvalue weighted by atomic mass is 9.89. The molecule has 0 bridgehead atoms. The smallest absolute Gasteiger partial charge is 0.404 e. The molecule has 2 amide bonds. The maximum Gasteiger partial charge on any atom is 0.573 e. The van der Waals surface area contributed by atoms with Crippen molar-refractivity contribution in [2.45, 2.75) is 62.5 Å². The average molecular weight is 670 g/mol. The topological polar surface area (TPSA) is 114 Å². The highest BCUT2D eigenvalue weighted by atomic mass is 32.2. The van der Waals surface area contributed by atoms with Crippen molar-refractivity contribution in [3.05, 3.63) is 95.7 Å². The SMILES string of the molecule is Cc1ccc(-n2nc(C(C)(C)C)cc2NC(=O)Nc2ccccc2C(C2CCNCC2)S(=O)(=O)c2ccccc2OC(F)(F)F)cc1. The van der Waals surface area contributed by atoms with Gasteiger partial charge in [0.2, 0.25) is 0 Å². The Morgan fingerprint density at radius 3 is 2.26 bits per heavy atom. The number of alkyl halides is 3. The van der Waals surface area contributed by atoms with Crippen LogP contribution >= 0.6 is 0 Å². The third-order valence-corrected chi connectivity index (χ3v) is 10.3. The van der Waals surface area contributed by atoms with Gasteiger partial charge in [-0.2, -0.15) is 5.10 Å². The van der Waals surface area contributed by atoms with E-state index in [0.717, 1.165) is 29.1 Å². The van der Waals surface area contributed by atoms with Gasteiger partial charge in [0.15, 0.2) is 9.84 Å². The van der Waals surface area contributed by atoms with Crippen molar-refractivity contribution in [1.29, 1.82) is 0 Å². The number of benzene rings is 3. The molecule has 3 N–H and O–H groups in total. The van der Waals surface area contributed by atoms with Crippen LogP contribution < -0.4 is 20.7 Å². The molecule has 1 unspecified atom stereocenters. The monoisotopic (exact) mass is 669 g/mol. The third kappa shape index (κ3) is 7.96. The van der Waals surface area contributed by atoms with Crippen molar-refractivity contribution in [2.24, 2.45) is 5.92 Å². The molecule has 1 aromatic heterocycles. The van der Waals surface area contributed by atoms with E-state index in [0.29, 0.717) is 31.7 Å². The molecule has 13 heteroatoms. The summed E-state index contributed by atoms with van der Waals surface area (Å²) in [5.74, 6) is -0.862. The van der Waals surface area contributed by atoms with Crippen LogP contribution in [-0.2, 0) is 15.3 Å². The zero-order chi connectivity index (χ0) is 34.0. The molecule has 47 heavy (non-hydrogen) atoms. The summed E-state index contributed by atoms with van der Waals surface area (Å²) in [6, 6.07) is 20.0. The number of carbonyl (C=O) groups is 1. The number of piperidine rings is 1. The van der Waals surface area contributed by atoms with Crippen molar-refractivity contribution < 1.29 is 31.1 Å². The Kier molecular flexibility index (Phi) is 9.69. The maximum atomic E-state index is 14.4. The Labute approximate surface area is 272 Å². The zero-order valence-electron chi connectivity index (χ0n) is 26.6. The number of nitrogens with one attached hydrogen (secondary N) is 3. The van der Waals surface area contributed by atoms with E-state index in [1.54, 1.807) is 35.0 Å². The van der Waals surface area contributed by atoms with Crippen LogP contribution in [0.3, 0.4) is 0 Å². The quantitative estimate of drug-likeness (QED) is 0.179. The third-order valence-electron chi connectivity index (χ3n) is 8.04. The number of para-hydroxylation sites is 2. The lowest BCUT2D eigenvalue weighted by molar-refractivity contribution is -0.275. The zero-order valence-corrected chi connectivity index (χ0v) is 27.4. The summed E-state index contributed by atoms with van der Waals surface area (Å²) in [5, 5.41) is 12.3. The Morgan fingerprint density at radius 2 is 1.60 bits per heavy atom. The molecule has 9 nitrogen and oxygen atoms in total. The van der Waals surface area contributed by atoms with Gasteiger partial charge in [-0.1, -0.05) is 68.8 Å².